The summed E-state index contributed by atoms with van der Waals surface area (Å²) in [4.78, 5) is 4.61. The molecule has 4 heteroatoms. The van der Waals surface area contributed by atoms with Gasteiger partial charge in [-0.05, 0) is 37.9 Å². The van der Waals surface area contributed by atoms with E-state index in [1.165, 1.54) is 5.52 Å². The second-order valence-electron chi connectivity index (χ2n) is 4.54. The van der Waals surface area contributed by atoms with Crippen molar-refractivity contribution in [3.63, 3.8) is 0 Å². The van der Waals surface area contributed by atoms with Crippen molar-refractivity contribution in [2.75, 3.05) is 13.2 Å². The van der Waals surface area contributed by atoms with Crippen LogP contribution in [0.2, 0.25) is 0 Å². The summed E-state index contributed by atoms with van der Waals surface area (Å²) in [6.07, 6.45) is 3.07. The van der Waals surface area contributed by atoms with Gasteiger partial charge < -0.3 is 15.0 Å². The minimum absolute atomic E-state index is 0.296. The minimum atomic E-state index is 0.296. The van der Waals surface area contributed by atoms with Crippen LogP contribution in [0.1, 0.15) is 25.1 Å². The summed E-state index contributed by atoms with van der Waals surface area (Å²) in [5, 5.41) is 12.1. The average molecular weight is 247 g/mol. The second kappa shape index (κ2) is 6.52. The maximum absolute atomic E-state index is 8.68. The van der Waals surface area contributed by atoms with Gasteiger partial charge in [0.2, 0.25) is 0 Å². The predicted molar refractivity (Wildman–Crippen MR) is 73.4 cm³/mol. The Balaban J connectivity index is 1.86. The highest BCUT2D eigenvalue weighted by molar-refractivity contribution is 5.75. The van der Waals surface area contributed by atoms with Crippen LogP contribution in [0.4, 0.5) is 0 Å². The fraction of sp³-hybridized carbons (Fsp3) is 0.500. The van der Waals surface area contributed by atoms with Crippen LogP contribution in [-0.2, 0) is 13.6 Å². The third-order valence-corrected chi connectivity index (χ3v) is 3.17. The van der Waals surface area contributed by atoms with Crippen LogP contribution in [0.15, 0.2) is 24.3 Å². The molecule has 0 aliphatic carbocycles. The third-order valence-electron chi connectivity index (χ3n) is 3.17. The Kier molecular flexibility index (Phi) is 4.73. The predicted octanol–water partition coefficient (Wildman–Crippen LogP) is 1.83. The van der Waals surface area contributed by atoms with Gasteiger partial charge in [-0.1, -0.05) is 12.1 Å². The van der Waals surface area contributed by atoms with Crippen molar-refractivity contribution in [2.24, 2.45) is 7.05 Å². The first-order valence-corrected chi connectivity index (χ1v) is 6.55. The first-order chi connectivity index (χ1) is 8.83. The van der Waals surface area contributed by atoms with E-state index in [2.05, 4.69) is 28.0 Å². The van der Waals surface area contributed by atoms with Crippen LogP contribution in [0.25, 0.3) is 11.0 Å². The number of fused-ring (bicyclic) bond motifs is 1. The van der Waals surface area contributed by atoms with Crippen molar-refractivity contribution < 1.29 is 5.11 Å². The Morgan fingerprint density at radius 1 is 1.22 bits per heavy atom. The van der Waals surface area contributed by atoms with Crippen LogP contribution in [0.5, 0.6) is 0 Å². The highest BCUT2D eigenvalue weighted by Gasteiger charge is 2.05. The highest BCUT2D eigenvalue weighted by atomic mass is 16.2. The molecule has 2 rings (SSSR count). The average Bonchev–Trinajstić information content (AvgIpc) is 2.71. The monoisotopic (exact) mass is 247 g/mol. The summed E-state index contributed by atoms with van der Waals surface area (Å²) >= 11 is 0. The number of aliphatic hydroxyl groups excluding tert-OH is 1. The van der Waals surface area contributed by atoms with Crippen LogP contribution in [-0.4, -0.2) is 27.8 Å². The molecule has 0 saturated carbocycles. The lowest BCUT2D eigenvalue weighted by atomic mass is 10.2. The van der Waals surface area contributed by atoms with Gasteiger partial charge in [-0.15, -0.1) is 0 Å². The highest BCUT2D eigenvalue weighted by Crippen LogP contribution is 2.13. The fourth-order valence-corrected chi connectivity index (χ4v) is 2.09. The quantitative estimate of drug-likeness (QED) is 0.734. The number of rotatable bonds is 7. The number of para-hydroxylation sites is 2. The molecule has 1 heterocycles. The summed E-state index contributed by atoms with van der Waals surface area (Å²) in [5.41, 5.74) is 2.23. The van der Waals surface area contributed by atoms with Gasteiger partial charge in [-0.2, -0.15) is 0 Å². The Bertz CT molecular complexity index is 493. The van der Waals surface area contributed by atoms with E-state index >= 15 is 0 Å². The molecule has 1 aromatic carbocycles. The van der Waals surface area contributed by atoms with E-state index in [0.29, 0.717) is 6.61 Å². The second-order valence-corrected chi connectivity index (χ2v) is 4.54. The zero-order chi connectivity index (χ0) is 12.8. The molecule has 0 fully saturated rings. The molecule has 2 aromatic rings. The van der Waals surface area contributed by atoms with E-state index in [-0.39, 0.29) is 0 Å². The van der Waals surface area contributed by atoms with Crippen LogP contribution >= 0.6 is 0 Å². The summed E-state index contributed by atoms with van der Waals surface area (Å²) in [6, 6.07) is 8.19. The first kappa shape index (κ1) is 13.1. The molecule has 0 aliphatic heterocycles. The number of hydrogen-bond acceptors (Lipinski definition) is 3. The van der Waals surface area contributed by atoms with E-state index in [4.69, 9.17) is 5.11 Å². The molecule has 98 valence electrons. The number of aryl methyl sites for hydroxylation is 1. The maximum atomic E-state index is 8.68. The van der Waals surface area contributed by atoms with Crippen molar-refractivity contribution >= 4 is 11.0 Å². The smallest absolute Gasteiger partial charge is 0.123 e. The van der Waals surface area contributed by atoms with Crippen molar-refractivity contribution in [3.8, 4) is 0 Å². The lowest BCUT2D eigenvalue weighted by Gasteiger charge is -2.04. The lowest BCUT2D eigenvalue weighted by Crippen LogP contribution is -2.17. The molecule has 0 unspecified atom stereocenters. The van der Waals surface area contributed by atoms with E-state index in [1.807, 2.05) is 18.2 Å². The molecule has 4 nitrogen and oxygen atoms in total. The van der Waals surface area contributed by atoms with Gasteiger partial charge in [0.1, 0.15) is 5.82 Å². The third kappa shape index (κ3) is 3.09. The first-order valence-electron chi connectivity index (χ1n) is 6.55. The summed E-state index contributed by atoms with van der Waals surface area (Å²) in [6.45, 7) is 2.07. The topological polar surface area (TPSA) is 50.1 Å². The van der Waals surface area contributed by atoms with Gasteiger partial charge >= 0.3 is 0 Å². The molecule has 2 N–H and O–H groups in total. The summed E-state index contributed by atoms with van der Waals surface area (Å²) in [7, 11) is 2.05. The number of unbranched alkanes of at least 4 members (excludes halogenated alkanes) is 2. The Hall–Kier alpha value is -1.39. The zero-order valence-corrected chi connectivity index (χ0v) is 10.9. The Morgan fingerprint density at radius 2 is 2.06 bits per heavy atom. The van der Waals surface area contributed by atoms with Crippen molar-refractivity contribution in [1.82, 2.24) is 14.9 Å². The van der Waals surface area contributed by atoms with Crippen LogP contribution < -0.4 is 5.32 Å². The van der Waals surface area contributed by atoms with Gasteiger partial charge in [0, 0.05) is 13.7 Å². The zero-order valence-electron chi connectivity index (χ0n) is 10.9. The van der Waals surface area contributed by atoms with Gasteiger partial charge in [0.25, 0.3) is 0 Å². The standard InChI is InChI=1S/C14H21N3O/c1-17-13-8-4-3-7-12(13)16-14(17)11-15-9-5-2-6-10-18/h3-4,7-8,15,18H,2,5-6,9-11H2,1H3. The van der Waals surface area contributed by atoms with Crippen molar-refractivity contribution in [3.05, 3.63) is 30.1 Å². The largest absolute Gasteiger partial charge is 0.396 e. The molecule has 18 heavy (non-hydrogen) atoms. The van der Waals surface area contributed by atoms with Gasteiger partial charge in [-0.3, -0.25) is 0 Å². The number of aliphatic hydroxyl groups is 1. The molecule has 0 saturated heterocycles. The molecule has 0 amide bonds. The van der Waals surface area contributed by atoms with Crippen LogP contribution in [0, 0.1) is 0 Å². The summed E-state index contributed by atoms with van der Waals surface area (Å²) in [5.74, 6) is 1.07. The number of aromatic nitrogens is 2. The fourth-order valence-electron chi connectivity index (χ4n) is 2.09. The molecular formula is C14H21N3O. The molecular weight excluding hydrogens is 226 g/mol. The van der Waals surface area contributed by atoms with Gasteiger partial charge in [0.15, 0.2) is 0 Å². The van der Waals surface area contributed by atoms with Crippen LogP contribution in [0.3, 0.4) is 0 Å². The van der Waals surface area contributed by atoms with Crippen molar-refractivity contribution in [1.29, 1.82) is 0 Å². The summed E-state index contributed by atoms with van der Waals surface area (Å²) < 4.78 is 2.13. The maximum Gasteiger partial charge on any atom is 0.123 e. The number of imidazole rings is 1. The SMILES string of the molecule is Cn1c(CNCCCCCO)nc2ccccc21. The van der Waals surface area contributed by atoms with E-state index in [9.17, 15) is 0 Å². The van der Waals surface area contributed by atoms with E-state index in [1.54, 1.807) is 0 Å². The Labute approximate surface area is 108 Å². The lowest BCUT2D eigenvalue weighted by molar-refractivity contribution is 0.283. The van der Waals surface area contributed by atoms with E-state index < -0.39 is 0 Å². The van der Waals surface area contributed by atoms with Gasteiger partial charge in [0.05, 0.1) is 17.6 Å². The number of nitrogens with zero attached hydrogens (tertiary/aromatic N) is 2. The molecule has 0 bridgehead atoms. The molecule has 0 atom stereocenters. The Morgan fingerprint density at radius 3 is 2.83 bits per heavy atom. The normalized spacial score (nSPS) is 11.2. The number of hydrogen-bond donors (Lipinski definition) is 2. The number of benzene rings is 1. The molecule has 0 radical (unpaired) electrons. The minimum Gasteiger partial charge on any atom is -0.396 e. The van der Waals surface area contributed by atoms with Gasteiger partial charge in [-0.25, -0.2) is 4.98 Å². The number of nitrogens with one attached hydrogen (secondary N) is 1. The van der Waals surface area contributed by atoms with E-state index in [0.717, 1.165) is 43.7 Å². The molecule has 1 aromatic heterocycles. The molecule has 0 aliphatic rings. The van der Waals surface area contributed by atoms with Crippen molar-refractivity contribution in [2.45, 2.75) is 25.8 Å². The molecule has 0 spiro atoms.